The Morgan fingerprint density at radius 3 is 2.87 bits per heavy atom. The Labute approximate surface area is 93.2 Å². The highest BCUT2D eigenvalue weighted by Crippen LogP contribution is 2.12. The zero-order valence-electron chi connectivity index (χ0n) is 10.1. The van der Waals surface area contributed by atoms with Crippen LogP contribution < -0.4 is 5.32 Å². The molecule has 0 aliphatic carbocycles. The monoisotopic (exact) mass is 212 g/mol. The summed E-state index contributed by atoms with van der Waals surface area (Å²) in [6.45, 7) is 4.14. The summed E-state index contributed by atoms with van der Waals surface area (Å²) < 4.78 is 0. The normalized spacial score (nSPS) is 19.3. The van der Waals surface area contributed by atoms with Crippen LogP contribution in [0.25, 0.3) is 0 Å². The standard InChI is InChI=1S/C12H24N2O/c1-3-11(13-2)7-6-10-14-9-5-4-8-12(14)15/h11,13H,3-10H2,1-2H3. The largest absolute Gasteiger partial charge is 0.343 e. The van der Waals surface area contributed by atoms with Gasteiger partial charge in [-0.3, -0.25) is 4.79 Å². The molecule has 0 bridgehead atoms. The molecular formula is C12H24N2O. The maximum Gasteiger partial charge on any atom is 0.222 e. The van der Waals surface area contributed by atoms with Crippen molar-refractivity contribution in [2.45, 2.75) is 51.5 Å². The van der Waals surface area contributed by atoms with Gasteiger partial charge in [-0.1, -0.05) is 6.92 Å². The van der Waals surface area contributed by atoms with Crippen molar-refractivity contribution in [3.05, 3.63) is 0 Å². The number of carbonyl (C=O) groups is 1. The lowest BCUT2D eigenvalue weighted by Gasteiger charge is -2.27. The van der Waals surface area contributed by atoms with Gasteiger partial charge in [-0.05, 0) is 39.2 Å². The molecule has 1 N–H and O–H groups in total. The maximum atomic E-state index is 11.5. The molecule has 1 fully saturated rings. The van der Waals surface area contributed by atoms with Gasteiger partial charge in [-0.15, -0.1) is 0 Å². The van der Waals surface area contributed by atoms with Crippen LogP contribution in [0.2, 0.25) is 0 Å². The Balaban J connectivity index is 2.15. The van der Waals surface area contributed by atoms with Crippen LogP contribution in [0, 0.1) is 0 Å². The number of nitrogens with one attached hydrogen (secondary N) is 1. The predicted molar refractivity (Wildman–Crippen MR) is 62.8 cm³/mol. The number of hydrogen-bond donors (Lipinski definition) is 1. The highest BCUT2D eigenvalue weighted by atomic mass is 16.2. The minimum Gasteiger partial charge on any atom is -0.343 e. The minimum atomic E-state index is 0.360. The second-order valence-electron chi connectivity index (χ2n) is 4.37. The van der Waals surface area contributed by atoms with Gasteiger partial charge in [-0.25, -0.2) is 0 Å². The van der Waals surface area contributed by atoms with Gasteiger partial charge in [0, 0.05) is 25.6 Å². The molecule has 3 nitrogen and oxygen atoms in total. The molecule has 0 saturated carbocycles. The lowest BCUT2D eigenvalue weighted by Crippen LogP contribution is -2.36. The average molecular weight is 212 g/mol. The van der Waals surface area contributed by atoms with E-state index in [9.17, 15) is 4.79 Å². The van der Waals surface area contributed by atoms with Crippen molar-refractivity contribution in [1.29, 1.82) is 0 Å². The number of piperidine rings is 1. The predicted octanol–water partition coefficient (Wildman–Crippen LogP) is 1.78. The molecule has 1 aliphatic rings. The number of nitrogens with zero attached hydrogens (tertiary/aromatic N) is 1. The summed E-state index contributed by atoms with van der Waals surface area (Å²) in [5, 5.41) is 3.30. The first-order chi connectivity index (χ1) is 7.27. The fourth-order valence-electron chi connectivity index (χ4n) is 2.18. The molecule has 1 aliphatic heterocycles. The van der Waals surface area contributed by atoms with Crippen molar-refractivity contribution >= 4 is 5.91 Å². The molecule has 0 radical (unpaired) electrons. The van der Waals surface area contributed by atoms with Crippen LogP contribution in [0.15, 0.2) is 0 Å². The molecule has 15 heavy (non-hydrogen) atoms. The van der Waals surface area contributed by atoms with E-state index in [0.29, 0.717) is 11.9 Å². The highest BCUT2D eigenvalue weighted by molar-refractivity contribution is 5.76. The second kappa shape index (κ2) is 6.83. The summed E-state index contributed by atoms with van der Waals surface area (Å²) in [6, 6.07) is 0.616. The summed E-state index contributed by atoms with van der Waals surface area (Å²) in [5.74, 6) is 0.360. The summed E-state index contributed by atoms with van der Waals surface area (Å²) in [5.41, 5.74) is 0. The van der Waals surface area contributed by atoms with E-state index in [0.717, 1.165) is 32.4 Å². The van der Waals surface area contributed by atoms with Crippen LogP contribution in [0.3, 0.4) is 0 Å². The molecule has 3 heteroatoms. The van der Waals surface area contributed by atoms with E-state index in [4.69, 9.17) is 0 Å². The van der Waals surface area contributed by atoms with Gasteiger partial charge in [0.1, 0.15) is 0 Å². The fourth-order valence-corrected chi connectivity index (χ4v) is 2.18. The molecule has 0 aromatic heterocycles. The smallest absolute Gasteiger partial charge is 0.222 e. The number of amides is 1. The van der Waals surface area contributed by atoms with Gasteiger partial charge >= 0.3 is 0 Å². The quantitative estimate of drug-likeness (QED) is 0.728. The third kappa shape index (κ3) is 4.20. The first-order valence-corrected chi connectivity index (χ1v) is 6.23. The number of rotatable bonds is 6. The first kappa shape index (κ1) is 12.5. The fraction of sp³-hybridized carbons (Fsp3) is 0.917. The van der Waals surface area contributed by atoms with Gasteiger partial charge in [0.2, 0.25) is 5.91 Å². The lowest BCUT2D eigenvalue weighted by atomic mass is 10.1. The Kier molecular flexibility index (Phi) is 5.69. The van der Waals surface area contributed by atoms with Gasteiger partial charge in [0.05, 0.1) is 0 Å². The molecule has 1 rings (SSSR count). The summed E-state index contributed by atoms with van der Waals surface area (Å²) in [4.78, 5) is 13.6. The molecule has 1 saturated heterocycles. The Bertz CT molecular complexity index is 190. The number of likely N-dealkylation sites (tertiary alicyclic amines) is 1. The van der Waals surface area contributed by atoms with E-state index >= 15 is 0 Å². The van der Waals surface area contributed by atoms with E-state index < -0.39 is 0 Å². The molecular weight excluding hydrogens is 188 g/mol. The molecule has 0 spiro atoms. The second-order valence-corrected chi connectivity index (χ2v) is 4.37. The van der Waals surface area contributed by atoms with Crippen molar-refractivity contribution in [3.8, 4) is 0 Å². The lowest BCUT2D eigenvalue weighted by molar-refractivity contribution is -0.133. The average Bonchev–Trinajstić information content (AvgIpc) is 2.27. The van der Waals surface area contributed by atoms with E-state index in [-0.39, 0.29) is 0 Å². The molecule has 1 unspecified atom stereocenters. The molecule has 1 amide bonds. The van der Waals surface area contributed by atoms with Crippen LogP contribution in [0.4, 0.5) is 0 Å². The minimum absolute atomic E-state index is 0.360. The molecule has 88 valence electrons. The summed E-state index contributed by atoms with van der Waals surface area (Å²) >= 11 is 0. The number of hydrogen-bond acceptors (Lipinski definition) is 2. The SMILES string of the molecule is CCC(CCCN1CCCCC1=O)NC. The van der Waals surface area contributed by atoms with Crippen molar-refractivity contribution in [3.63, 3.8) is 0 Å². The van der Waals surface area contributed by atoms with Crippen molar-refractivity contribution in [1.82, 2.24) is 10.2 Å². The van der Waals surface area contributed by atoms with Crippen LogP contribution in [0.5, 0.6) is 0 Å². The summed E-state index contributed by atoms with van der Waals surface area (Å²) in [6.07, 6.45) is 6.52. The van der Waals surface area contributed by atoms with Gasteiger partial charge in [0.15, 0.2) is 0 Å². The highest BCUT2D eigenvalue weighted by Gasteiger charge is 2.17. The van der Waals surface area contributed by atoms with Crippen LogP contribution in [-0.2, 0) is 4.79 Å². The third-order valence-electron chi connectivity index (χ3n) is 3.30. The molecule has 0 aromatic carbocycles. The van der Waals surface area contributed by atoms with Crippen molar-refractivity contribution in [2.75, 3.05) is 20.1 Å². The topological polar surface area (TPSA) is 32.3 Å². The first-order valence-electron chi connectivity index (χ1n) is 6.23. The third-order valence-corrected chi connectivity index (χ3v) is 3.30. The Morgan fingerprint density at radius 1 is 1.47 bits per heavy atom. The Morgan fingerprint density at radius 2 is 2.27 bits per heavy atom. The van der Waals surface area contributed by atoms with E-state index in [1.807, 2.05) is 11.9 Å². The van der Waals surface area contributed by atoms with E-state index in [2.05, 4.69) is 12.2 Å². The van der Waals surface area contributed by atoms with Gasteiger partial charge in [-0.2, -0.15) is 0 Å². The zero-order valence-corrected chi connectivity index (χ0v) is 10.1. The van der Waals surface area contributed by atoms with Crippen LogP contribution in [-0.4, -0.2) is 37.0 Å². The van der Waals surface area contributed by atoms with E-state index in [1.165, 1.54) is 19.3 Å². The van der Waals surface area contributed by atoms with Crippen LogP contribution in [0.1, 0.15) is 45.4 Å². The number of carbonyl (C=O) groups excluding carboxylic acids is 1. The van der Waals surface area contributed by atoms with Crippen molar-refractivity contribution in [2.24, 2.45) is 0 Å². The molecule has 1 heterocycles. The van der Waals surface area contributed by atoms with E-state index in [1.54, 1.807) is 0 Å². The van der Waals surface area contributed by atoms with Gasteiger partial charge < -0.3 is 10.2 Å². The Hall–Kier alpha value is -0.570. The maximum absolute atomic E-state index is 11.5. The zero-order chi connectivity index (χ0) is 11.1. The van der Waals surface area contributed by atoms with Gasteiger partial charge in [0.25, 0.3) is 0 Å². The van der Waals surface area contributed by atoms with Crippen molar-refractivity contribution < 1.29 is 4.79 Å². The molecule has 1 atom stereocenters. The van der Waals surface area contributed by atoms with Crippen LogP contribution >= 0.6 is 0 Å². The summed E-state index contributed by atoms with van der Waals surface area (Å²) in [7, 11) is 2.01. The molecule has 0 aromatic rings.